The summed E-state index contributed by atoms with van der Waals surface area (Å²) >= 11 is -2.13. The van der Waals surface area contributed by atoms with Gasteiger partial charge in [-0.3, -0.25) is 0 Å². The van der Waals surface area contributed by atoms with E-state index in [1.54, 1.807) is 27.7 Å². The fraction of sp³-hybridized carbons (Fsp3) is 1.00. The van der Waals surface area contributed by atoms with Crippen LogP contribution in [0.25, 0.3) is 0 Å². The van der Waals surface area contributed by atoms with Crippen LogP contribution in [0.15, 0.2) is 0 Å². The Hall–Kier alpha value is 0.282. The molecule has 0 atom stereocenters. The molecule has 0 bridgehead atoms. The van der Waals surface area contributed by atoms with Gasteiger partial charge < -0.3 is 3.79 Å². The molecule has 0 aromatic carbocycles. The van der Waals surface area contributed by atoms with Gasteiger partial charge in [0, 0.05) is 0 Å². The van der Waals surface area contributed by atoms with Crippen LogP contribution in [0, 0.1) is 0 Å². The minimum atomic E-state index is -4.45. The maximum absolute atomic E-state index is 11.8. The first-order chi connectivity index (χ1) is 5.24. The Kier molecular flexibility index (Phi) is 4.61. The quantitative estimate of drug-likeness (QED) is 0.632. The zero-order valence-electron chi connectivity index (χ0n) is 7.77. The molecule has 0 spiro atoms. The van der Waals surface area contributed by atoms with Crippen LogP contribution in [0.3, 0.4) is 0 Å². The second kappa shape index (κ2) is 4.50. The van der Waals surface area contributed by atoms with Gasteiger partial charge >= 0.3 is 20.8 Å². The van der Waals surface area contributed by atoms with E-state index in [-0.39, 0.29) is 9.56 Å². The molecule has 12 heavy (non-hydrogen) atoms. The molecular formula is C7H14AlF3O. The molecular weight excluding hydrogens is 184 g/mol. The van der Waals surface area contributed by atoms with Gasteiger partial charge in [0.25, 0.3) is 0 Å². The summed E-state index contributed by atoms with van der Waals surface area (Å²) in [4.78, 5) is 0. The molecule has 0 fully saturated rings. The average molecular weight is 198 g/mol. The van der Waals surface area contributed by atoms with E-state index in [9.17, 15) is 13.2 Å². The highest BCUT2D eigenvalue weighted by molar-refractivity contribution is 6.55. The summed E-state index contributed by atoms with van der Waals surface area (Å²) < 4.78 is 39.7. The number of alkyl halides is 3. The van der Waals surface area contributed by atoms with Gasteiger partial charge in [-0.25, -0.2) is 0 Å². The van der Waals surface area contributed by atoms with Crippen molar-refractivity contribution in [2.75, 3.05) is 0 Å². The third-order valence-corrected chi connectivity index (χ3v) is 4.75. The highest BCUT2D eigenvalue weighted by Crippen LogP contribution is 2.28. The molecule has 0 N–H and O–H groups in total. The van der Waals surface area contributed by atoms with Crippen LogP contribution in [0.4, 0.5) is 13.2 Å². The van der Waals surface area contributed by atoms with Crippen molar-refractivity contribution in [2.45, 2.75) is 43.6 Å². The molecule has 72 valence electrons. The van der Waals surface area contributed by atoms with Crippen molar-refractivity contribution in [3.63, 3.8) is 0 Å². The lowest BCUT2D eigenvalue weighted by molar-refractivity contribution is -0.279. The maximum Gasteiger partial charge on any atom is 0.494 e. The highest BCUT2D eigenvalue weighted by atomic mass is 27.2. The van der Waals surface area contributed by atoms with Gasteiger partial charge in [0.05, 0.1) is 0 Å². The van der Waals surface area contributed by atoms with Crippen LogP contribution >= 0.6 is 0 Å². The van der Waals surface area contributed by atoms with Gasteiger partial charge in [-0.1, -0.05) is 37.3 Å². The van der Waals surface area contributed by atoms with Gasteiger partial charge in [-0.15, -0.1) is 13.2 Å². The monoisotopic (exact) mass is 198 g/mol. The minimum Gasteiger partial charge on any atom is -0.420 e. The Morgan fingerprint density at radius 3 is 1.42 bits per heavy atom. The molecule has 0 amide bonds. The maximum atomic E-state index is 11.8. The lowest BCUT2D eigenvalue weighted by Gasteiger charge is -2.20. The lowest BCUT2D eigenvalue weighted by atomic mass is 10.5. The Morgan fingerprint density at radius 2 is 1.33 bits per heavy atom. The van der Waals surface area contributed by atoms with E-state index >= 15 is 0 Å². The van der Waals surface area contributed by atoms with Crippen molar-refractivity contribution in [3.05, 3.63) is 0 Å². The summed E-state index contributed by atoms with van der Waals surface area (Å²) in [5.41, 5.74) is 0. The zero-order chi connectivity index (χ0) is 9.94. The first kappa shape index (κ1) is 12.3. The van der Waals surface area contributed by atoms with Crippen molar-refractivity contribution in [1.82, 2.24) is 0 Å². The van der Waals surface area contributed by atoms with E-state index < -0.39 is 20.8 Å². The molecule has 0 aromatic rings. The van der Waals surface area contributed by atoms with Gasteiger partial charge in [0.1, 0.15) is 0 Å². The van der Waals surface area contributed by atoms with E-state index in [1.807, 2.05) is 0 Å². The van der Waals surface area contributed by atoms with Crippen LogP contribution in [0.5, 0.6) is 0 Å². The van der Waals surface area contributed by atoms with Gasteiger partial charge in [-0.2, -0.15) is 0 Å². The van der Waals surface area contributed by atoms with Gasteiger partial charge in [0.15, 0.2) is 0 Å². The van der Waals surface area contributed by atoms with E-state index in [1.165, 1.54) is 0 Å². The molecule has 0 aliphatic carbocycles. The summed E-state index contributed by atoms with van der Waals surface area (Å²) in [7, 11) is 0. The summed E-state index contributed by atoms with van der Waals surface area (Å²) in [5.74, 6) is 0. The van der Waals surface area contributed by atoms with Crippen LogP contribution < -0.4 is 0 Å². The van der Waals surface area contributed by atoms with Crippen molar-refractivity contribution >= 4 is 14.5 Å². The molecule has 0 aliphatic heterocycles. The van der Waals surface area contributed by atoms with Crippen molar-refractivity contribution in [1.29, 1.82) is 0 Å². The lowest BCUT2D eigenvalue weighted by Crippen LogP contribution is -2.32. The third kappa shape index (κ3) is 5.02. The molecule has 0 saturated carbocycles. The number of hydrogen-bond acceptors (Lipinski definition) is 1. The molecule has 5 heteroatoms. The van der Waals surface area contributed by atoms with E-state index in [0.717, 1.165) is 0 Å². The molecule has 0 unspecified atom stereocenters. The van der Waals surface area contributed by atoms with E-state index in [2.05, 4.69) is 3.79 Å². The number of hydrogen-bond donors (Lipinski definition) is 0. The summed E-state index contributed by atoms with van der Waals surface area (Å²) in [6.07, 6.45) is -4.45. The summed E-state index contributed by atoms with van der Waals surface area (Å²) in [6.45, 7) is 7.12. The molecule has 1 nitrogen and oxygen atoms in total. The topological polar surface area (TPSA) is 9.23 Å². The van der Waals surface area contributed by atoms with Crippen molar-refractivity contribution < 1.29 is 17.0 Å². The molecule has 0 aliphatic rings. The fourth-order valence-corrected chi connectivity index (χ4v) is 3.59. The second-order valence-electron chi connectivity index (χ2n) is 3.52. The summed E-state index contributed by atoms with van der Waals surface area (Å²) in [5, 5.41) is 0. The van der Waals surface area contributed by atoms with E-state index in [4.69, 9.17) is 0 Å². The molecule has 0 radical (unpaired) electrons. The van der Waals surface area contributed by atoms with Crippen LogP contribution in [-0.4, -0.2) is 20.8 Å². The summed E-state index contributed by atoms with van der Waals surface area (Å²) in [6, 6.07) is 0. The standard InChI is InChI=1S/2C3H7.CF3O.Al/c2*1-3-2;2-1(3,4)5;/h2*3H,1-2H3;;/q;;-1;+1. The Bertz CT molecular complexity index is 125. The normalized spacial score (nSPS) is 12.8. The zero-order valence-corrected chi connectivity index (χ0v) is 8.93. The van der Waals surface area contributed by atoms with Crippen LogP contribution in [0.2, 0.25) is 9.56 Å². The van der Waals surface area contributed by atoms with Gasteiger partial charge in [0.2, 0.25) is 0 Å². The average Bonchev–Trinajstić information content (AvgIpc) is 1.79. The third-order valence-electron chi connectivity index (χ3n) is 1.58. The fourth-order valence-electron chi connectivity index (χ4n) is 1.20. The highest BCUT2D eigenvalue weighted by Gasteiger charge is 2.40. The molecule has 0 rings (SSSR count). The van der Waals surface area contributed by atoms with Crippen molar-refractivity contribution in [2.24, 2.45) is 0 Å². The van der Waals surface area contributed by atoms with Gasteiger partial charge in [-0.05, 0) is 0 Å². The smallest absolute Gasteiger partial charge is 0.420 e. The van der Waals surface area contributed by atoms with E-state index in [0.29, 0.717) is 0 Å². The predicted molar refractivity (Wildman–Crippen MR) is 43.1 cm³/mol. The molecule has 0 aromatic heterocycles. The van der Waals surface area contributed by atoms with Crippen LogP contribution in [-0.2, 0) is 3.79 Å². The predicted octanol–water partition coefficient (Wildman–Crippen LogP) is 3.33. The minimum absolute atomic E-state index is 0.0200. The second-order valence-corrected chi connectivity index (χ2v) is 7.35. The number of rotatable bonds is 3. The SMILES string of the molecule is C[CH](C)[Al]([O]C(F)(F)F)[CH](C)C. The molecule has 0 saturated heterocycles. The largest absolute Gasteiger partial charge is 0.494 e. The Labute approximate surface area is 75.6 Å². The first-order valence-electron chi connectivity index (χ1n) is 3.98. The van der Waals surface area contributed by atoms with Crippen LogP contribution in [0.1, 0.15) is 27.7 Å². The molecule has 0 heterocycles. The first-order valence-corrected chi connectivity index (χ1v) is 5.79. The van der Waals surface area contributed by atoms with Crippen molar-refractivity contribution in [3.8, 4) is 0 Å². The number of halogens is 3. The Morgan fingerprint density at radius 1 is 1.00 bits per heavy atom. The Balaban J connectivity index is 4.15.